The number of aliphatic hydroxyl groups excluding tert-OH is 2. The van der Waals surface area contributed by atoms with E-state index < -0.39 is 28.4 Å². The van der Waals surface area contributed by atoms with Crippen molar-refractivity contribution in [1.29, 1.82) is 0 Å². The second-order valence-electron chi connectivity index (χ2n) is 9.65. The number of fused-ring (bicyclic) bond motifs is 1. The highest BCUT2D eigenvalue weighted by molar-refractivity contribution is 7.84. The lowest BCUT2D eigenvalue weighted by molar-refractivity contribution is 0.0689. The molecule has 0 radical (unpaired) electrons. The first-order chi connectivity index (χ1) is 18.1. The van der Waals surface area contributed by atoms with Gasteiger partial charge in [-0.2, -0.15) is 8.42 Å². The van der Waals surface area contributed by atoms with Gasteiger partial charge in [-0.3, -0.25) is 4.18 Å². The SMILES string of the molecule is Cc1oc(C(O)c2cncnc2N[C@@H]2C[C@H](COS(N)(=O)=O)[C@@H](O)C2)cc1C1OCCc2ccc(Cl)cc21. The maximum absolute atomic E-state index is 11.3. The van der Waals surface area contributed by atoms with Crippen molar-refractivity contribution in [1.82, 2.24) is 9.97 Å². The van der Waals surface area contributed by atoms with E-state index in [1.54, 1.807) is 6.07 Å². The number of aryl methyl sites for hydroxylation is 1. The Morgan fingerprint density at radius 2 is 2.11 bits per heavy atom. The molecule has 38 heavy (non-hydrogen) atoms. The Balaban J connectivity index is 1.35. The second kappa shape index (κ2) is 10.9. The van der Waals surface area contributed by atoms with Crippen LogP contribution in [0.2, 0.25) is 5.02 Å². The second-order valence-corrected chi connectivity index (χ2v) is 11.3. The lowest BCUT2D eigenvalue weighted by Gasteiger charge is -2.26. The van der Waals surface area contributed by atoms with Crippen LogP contribution >= 0.6 is 11.6 Å². The van der Waals surface area contributed by atoms with Gasteiger partial charge in [-0.1, -0.05) is 17.7 Å². The zero-order valence-corrected chi connectivity index (χ0v) is 22.2. The number of nitrogens with zero attached hydrogens (tertiary/aromatic N) is 2. The molecule has 204 valence electrons. The highest BCUT2D eigenvalue weighted by atomic mass is 35.5. The molecule has 2 unspecified atom stereocenters. The zero-order valence-electron chi connectivity index (χ0n) is 20.6. The molecule has 2 aliphatic rings. The number of aliphatic hydroxyl groups is 2. The van der Waals surface area contributed by atoms with Gasteiger partial charge in [0.1, 0.15) is 35.9 Å². The minimum atomic E-state index is -4.10. The molecule has 0 bridgehead atoms. The third-order valence-corrected chi connectivity index (χ3v) is 7.75. The van der Waals surface area contributed by atoms with Crippen molar-refractivity contribution < 1.29 is 32.0 Å². The maximum Gasteiger partial charge on any atom is 0.333 e. The highest BCUT2D eigenvalue weighted by Gasteiger charge is 2.35. The number of furan rings is 1. The van der Waals surface area contributed by atoms with E-state index in [1.165, 1.54) is 12.5 Å². The summed E-state index contributed by atoms with van der Waals surface area (Å²) in [6.45, 7) is 2.15. The number of nitrogens with one attached hydrogen (secondary N) is 1. The number of ether oxygens (including phenoxy) is 1. The fourth-order valence-corrected chi connectivity index (χ4v) is 5.72. The first kappa shape index (κ1) is 27.0. The quantitative estimate of drug-likeness (QED) is 0.319. The summed E-state index contributed by atoms with van der Waals surface area (Å²) >= 11 is 6.25. The number of nitrogens with two attached hydrogens (primary N) is 1. The molecule has 1 fully saturated rings. The molecule has 13 heteroatoms. The first-order valence-electron chi connectivity index (χ1n) is 12.2. The van der Waals surface area contributed by atoms with Gasteiger partial charge in [0.15, 0.2) is 0 Å². The Labute approximate surface area is 225 Å². The van der Waals surface area contributed by atoms with Gasteiger partial charge in [0.05, 0.1) is 19.3 Å². The van der Waals surface area contributed by atoms with Crippen molar-refractivity contribution in [2.45, 2.75) is 50.5 Å². The fraction of sp³-hybridized carbons (Fsp3) is 0.440. The Morgan fingerprint density at radius 1 is 1.29 bits per heavy atom. The summed E-state index contributed by atoms with van der Waals surface area (Å²) in [7, 11) is -4.10. The molecule has 2 aromatic heterocycles. The largest absolute Gasteiger partial charge is 0.463 e. The van der Waals surface area contributed by atoms with E-state index in [9.17, 15) is 18.6 Å². The smallest absolute Gasteiger partial charge is 0.333 e. The Morgan fingerprint density at radius 3 is 2.89 bits per heavy atom. The van der Waals surface area contributed by atoms with Gasteiger partial charge in [-0.05, 0) is 55.5 Å². The topological polar surface area (TPSA) is 170 Å². The Kier molecular flexibility index (Phi) is 7.74. The molecule has 0 saturated heterocycles. The van der Waals surface area contributed by atoms with E-state index in [4.69, 9.17) is 25.9 Å². The summed E-state index contributed by atoms with van der Waals surface area (Å²) in [6, 6.07) is 7.29. The van der Waals surface area contributed by atoms with Crippen LogP contribution in [0.1, 0.15) is 58.8 Å². The molecule has 3 aromatic rings. The van der Waals surface area contributed by atoms with Crippen LogP contribution in [-0.2, 0) is 25.6 Å². The van der Waals surface area contributed by atoms with Gasteiger partial charge in [0.25, 0.3) is 0 Å². The van der Waals surface area contributed by atoms with Crippen LogP contribution in [0.15, 0.2) is 41.2 Å². The van der Waals surface area contributed by atoms with E-state index in [2.05, 4.69) is 19.5 Å². The lowest BCUT2D eigenvalue weighted by atomic mass is 9.93. The molecular formula is C25H29ClN4O7S. The van der Waals surface area contributed by atoms with E-state index in [-0.39, 0.29) is 18.8 Å². The van der Waals surface area contributed by atoms with Crippen LogP contribution in [0.5, 0.6) is 0 Å². The van der Waals surface area contributed by atoms with Crippen molar-refractivity contribution in [2.24, 2.45) is 11.1 Å². The van der Waals surface area contributed by atoms with E-state index in [0.717, 1.165) is 23.1 Å². The van der Waals surface area contributed by atoms with Crippen LogP contribution in [0.4, 0.5) is 5.82 Å². The number of aromatic nitrogens is 2. The van der Waals surface area contributed by atoms with Gasteiger partial charge in [-0.25, -0.2) is 15.1 Å². The number of anilines is 1. The molecule has 1 aliphatic heterocycles. The molecule has 1 aliphatic carbocycles. The highest BCUT2D eigenvalue weighted by Crippen LogP contribution is 2.39. The van der Waals surface area contributed by atoms with Gasteiger partial charge in [-0.15, -0.1) is 0 Å². The van der Waals surface area contributed by atoms with Gasteiger partial charge >= 0.3 is 10.3 Å². The molecule has 0 spiro atoms. The molecule has 0 amide bonds. The summed E-state index contributed by atoms with van der Waals surface area (Å²) in [5.41, 5.74) is 3.31. The monoisotopic (exact) mass is 564 g/mol. The predicted molar refractivity (Wildman–Crippen MR) is 138 cm³/mol. The summed E-state index contributed by atoms with van der Waals surface area (Å²) < 4.78 is 39.0. The fourth-order valence-electron chi connectivity index (χ4n) is 5.18. The maximum atomic E-state index is 11.3. The Hall–Kier alpha value is -2.58. The third kappa shape index (κ3) is 5.86. The van der Waals surface area contributed by atoms with Crippen LogP contribution < -0.4 is 10.5 Å². The summed E-state index contributed by atoms with van der Waals surface area (Å²) in [6.07, 6.45) is 2.05. The van der Waals surface area contributed by atoms with Gasteiger partial charge < -0.3 is 24.7 Å². The molecule has 11 nitrogen and oxygen atoms in total. The van der Waals surface area contributed by atoms with E-state index >= 15 is 0 Å². The molecular weight excluding hydrogens is 536 g/mol. The average Bonchev–Trinajstić information content (AvgIpc) is 3.43. The summed E-state index contributed by atoms with van der Waals surface area (Å²) in [5, 5.41) is 30.4. The number of hydrogen-bond donors (Lipinski definition) is 4. The van der Waals surface area contributed by atoms with Crippen LogP contribution in [0.25, 0.3) is 0 Å². The van der Waals surface area contributed by atoms with Crippen molar-refractivity contribution in [2.75, 3.05) is 18.5 Å². The number of rotatable bonds is 8. The predicted octanol–water partition coefficient (Wildman–Crippen LogP) is 2.55. The van der Waals surface area contributed by atoms with Crippen molar-refractivity contribution in [3.63, 3.8) is 0 Å². The minimum Gasteiger partial charge on any atom is -0.463 e. The Bertz CT molecular complexity index is 1420. The molecule has 5 atom stereocenters. The minimum absolute atomic E-state index is 0.219. The summed E-state index contributed by atoms with van der Waals surface area (Å²) in [5.74, 6) is 0.862. The van der Waals surface area contributed by atoms with Crippen molar-refractivity contribution >= 4 is 27.7 Å². The van der Waals surface area contributed by atoms with E-state index in [0.29, 0.717) is 47.4 Å². The number of hydrogen-bond acceptors (Lipinski definition) is 10. The van der Waals surface area contributed by atoms with Gasteiger partial charge in [0, 0.05) is 34.3 Å². The molecule has 1 aromatic carbocycles. The van der Waals surface area contributed by atoms with Crippen molar-refractivity contribution in [3.05, 3.63) is 75.6 Å². The average molecular weight is 565 g/mol. The zero-order chi connectivity index (χ0) is 27.0. The molecule has 1 saturated carbocycles. The molecule has 5 N–H and O–H groups in total. The first-order valence-corrected chi connectivity index (χ1v) is 14.0. The van der Waals surface area contributed by atoms with Gasteiger partial charge in [0.2, 0.25) is 0 Å². The van der Waals surface area contributed by atoms with Crippen LogP contribution in [0.3, 0.4) is 0 Å². The molecule has 3 heterocycles. The van der Waals surface area contributed by atoms with Crippen molar-refractivity contribution in [3.8, 4) is 0 Å². The third-order valence-electron chi connectivity index (χ3n) is 7.05. The van der Waals surface area contributed by atoms with Crippen LogP contribution in [-0.4, -0.2) is 54.0 Å². The number of benzene rings is 1. The van der Waals surface area contributed by atoms with Crippen LogP contribution in [0, 0.1) is 12.8 Å². The summed E-state index contributed by atoms with van der Waals surface area (Å²) in [4.78, 5) is 8.36. The van der Waals surface area contributed by atoms with E-state index in [1.807, 2.05) is 25.1 Å². The lowest BCUT2D eigenvalue weighted by Crippen LogP contribution is -2.24. The standard InChI is InChI=1S/C25H29ClN4O7S/c1-13-18(24-19-7-16(26)3-2-14(19)4-5-35-24)9-22(37-13)23(32)20-10-28-12-29-25(20)30-17-6-15(21(31)8-17)11-36-38(27,33)34/h2-3,7,9-10,12,15,17,21,23-24,31-32H,4-6,8,11H2,1H3,(H2,27,33,34)(H,28,29,30)/t15-,17-,21+,23?,24?/m1/s1. The number of halogens is 1. The normalized spacial score (nSPS) is 24.2. The molecule has 5 rings (SSSR count).